The van der Waals surface area contributed by atoms with Gasteiger partial charge >= 0.3 is 0 Å². The molecule has 20 heavy (non-hydrogen) atoms. The van der Waals surface area contributed by atoms with Crippen molar-refractivity contribution < 1.29 is 4.74 Å². The van der Waals surface area contributed by atoms with Crippen molar-refractivity contribution in [3.8, 4) is 5.75 Å². The SMILES string of the molecule is COc1cc(C)ccc1NC1CCC(C(C)(C)C)CC1. The molecule has 0 heterocycles. The quantitative estimate of drug-likeness (QED) is 0.836. The minimum Gasteiger partial charge on any atom is -0.495 e. The van der Waals surface area contributed by atoms with Crippen LogP contribution in [0.2, 0.25) is 0 Å². The fourth-order valence-corrected chi connectivity index (χ4v) is 3.24. The number of hydrogen-bond donors (Lipinski definition) is 1. The van der Waals surface area contributed by atoms with Gasteiger partial charge in [-0.1, -0.05) is 26.8 Å². The van der Waals surface area contributed by atoms with E-state index in [2.05, 4.69) is 51.2 Å². The third kappa shape index (κ3) is 3.68. The smallest absolute Gasteiger partial charge is 0.142 e. The molecule has 2 rings (SSSR count). The average molecular weight is 275 g/mol. The minimum atomic E-state index is 0.451. The molecule has 0 radical (unpaired) electrons. The van der Waals surface area contributed by atoms with Crippen LogP contribution in [0.3, 0.4) is 0 Å². The molecule has 2 heteroatoms. The zero-order valence-electron chi connectivity index (χ0n) is 13.6. The number of benzene rings is 1. The zero-order chi connectivity index (χ0) is 14.8. The molecule has 0 unspecified atom stereocenters. The van der Waals surface area contributed by atoms with E-state index in [4.69, 9.17) is 4.74 Å². The summed E-state index contributed by atoms with van der Waals surface area (Å²) in [4.78, 5) is 0. The highest BCUT2D eigenvalue weighted by molar-refractivity contribution is 5.58. The first-order chi connectivity index (χ1) is 9.40. The molecule has 1 aliphatic rings. The van der Waals surface area contributed by atoms with Crippen LogP contribution in [0.25, 0.3) is 0 Å². The van der Waals surface area contributed by atoms with Crippen molar-refractivity contribution in [2.24, 2.45) is 11.3 Å². The Hall–Kier alpha value is -1.18. The first-order valence-corrected chi connectivity index (χ1v) is 7.81. The van der Waals surface area contributed by atoms with Crippen molar-refractivity contribution in [3.05, 3.63) is 23.8 Å². The topological polar surface area (TPSA) is 21.3 Å². The Morgan fingerprint density at radius 3 is 2.30 bits per heavy atom. The Balaban J connectivity index is 1.96. The monoisotopic (exact) mass is 275 g/mol. The number of anilines is 1. The van der Waals surface area contributed by atoms with Crippen molar-refractivity contribution >= 4 is 5.69 Å². The van der Waals surface area contributed by atoms with Gasteiger partial charge < -0.3 is 10.1 Å². The van der Waals surface area contributed by atoms with Crippen LogP contribution in [-0.2, 0) is 0 Å². The highest BCUT2D eigenvalue weighted by Crippen LogP contribution is 2.39. The Labute approximate surface area is 123 Å². The second kappa shape index (κ2) is 6.07. The van der Waals surface area contributed by atoms with E-state index in [0.29, 0.717) is 11.5 Å². The predicted octanol–water partition coefficient (Wildman–Crippen LogP) is 5.02. The van der Waals surface area contributed by atoms with Crippen LogP contribution in [0.4, 0.5) is 5.69 Å². The van der Waals surface area contributed by atoms with Gasteiger partial charge in [0.2, 0.25) is 0 Å². The van der Waals surface area contributed by atoms with E-state index in [0.717, 1.165) is 17.4 Å². The Morgan fingerprint density at radius 2 is 1.75 bits per heavy atom. The van der Waals surface area contributed by atoms with E-state index in [1.807, 2.05) is 0 Å². The van der Waals surface area contributed by atoms with Gasteiger partial charge in [-0.05, 0) is 61.6 Å². The largest absolute Gasteiger partial charge is 0.495 e. The molecule has 1 saturated carbocycles. The molecule has 1 aliphatic carbocycles. The summed E-state index contributed by atoms with van der Waals surface area (Å²) < 4.78 is 5.48. The number of aryl methyl sites for hydroxylation is 1. The molecular formula is C18H29NO. The van der Waals surface area contributed by atoms with Crippen molar-refractivity contribution in [1.29, 1.82) is 0 Å². The van der Waals surface area contributed by atoms with Crippen LogP contribution in [-0.4, -0.2) is 13.2 Å². The first kappa shape index (κ1) is 15.2. The van der Waals surface area contributed by atoms with E-state index in [1.165, 1.54) is 31.2 Å². The summed E-state index contributed by atoms with van der Waals surface area (Å²) in [5, 5.41) is 3.67. The van der Waals surface area contributed by atoms with Crippen molar-refractivity contribution in [2.75, 3.05) is 12.4 Å². The third-order valence-corrected chi connectivity index (χ3v) is 4.67. The molecule has 112 valence electrons. The lowest BCUT2D eigenvalue weighted by atomic mass is 9.71. The summed E-state index contributed by atoms with van der Waals surface area (Å²) in [6.07, 6.45) is 5.18. The Bertz CT molecular complexity index is 439. The lowest BCUT2D eigenvalue weighted by molar-refractivity contribution is 0.173. The normalized spacial score (nSPS) is 23.4. The summed E-state index contributed by atoms with van der Waals surface area (Å²) in [6.45, 7) is 9.21. The van der Waals surface area contributed by atoms with Gasteiger partial charge in [-0.15, -0.1) is 0 Å². The van der Waals surface area contributed by atoms with E-state index < -0.39 is 0 Å². The molecule has 1 aromatic carbocycles. The predicted molar refractivity (Wildman–Crippen MR) is 86.6 cm³/mol. The van der Waals surface area contributed by atoms with E-state index >= 15 is 0 Å². The van der Waals surface area contributed by atoms with Crippen LogP contribution in [0.1, 0.15) is 52.0 Å². The first-order valence-electron chi connectivity index (χ1n) is 7.81. The van der Waals surface area contributed by atoms with Crippen LogP contribution in [0.5, 0.6) is 5.75 Å². The number of methoxy groups -OCH3 is 1. The second-order valence-corrected chi connectivity index (χ2v) is 7.26. The van der Waals surface area contributed by atoms with E-state index in [9.17, 15) is 0 Å². The molecule has 0 aromatic heterocycles. The van der Waals surface area contributed by atoms with Gasteiger partial charge in [0, 0.05) is 6.04 Å². The molecule has 1 fully saturated rings. The molecule has 1 aromatic rings. The van der Waals surface area contributed by atoms with Crippen LogP contribution in [0, 0.1) is 18.3 Å². The molecule has 0 aliphatic heterocycles. The van der Waals surface area contributed by atoms with Crippen molar-refractivity contribution in [1.82, 2.24) is 0 Å². The molecule has 0 saturated heterocycles. The molecule has 2 nitrogen and oxygen atoms in total. The Morgan fingerprint density at radius 1 is 1.10 bits per heavy atom. The van der Waals surface area contributed by atoms with Gasteiger partial charge in [0.25, 0.3) is 0 Å². The van der Waals surface area contributed by atoms with Gasteiger partial charge in [-0.25, -0.2) is 0 Å². The van der Waals surface area contributed by atoms with Crippen molar-refractivity contribution in [2.45, 2.75) is 59.4 Å². The summed E-state index contributed by atoms with van der Waals surface area (Å²) >= 11 is 0. The summed E-state index contributed by atoms with van der Waals surface area (Å²) in [5.74, 6) is 1.82. The molecular weight excluding hydrogens is 246 g/mol. The fourth-order valence-electron chi connectivity index (χ4n) is 3.24. The number of ether oxygens (including phenoxy) is 1. The van der Waals surface area contributed by atoms with E-state index in [-0.39, 0.29) is 0 Å². The fraction of sp³-hybridized carbons (Fsp3) is 0.667. The minimum absolute atomic E-state index is 0.451. The molecule has 0 atom stereocenters. The van der Waals surface area contributed by atoms with Gasteiger partial charge in [-0.2, -0.15) is 0 Å². The maximum absolute atomic E-state index is 5.48. The number of hydrogen-bond acceptors (Lipinski definition) is 2. The van der Waals surface area contributed by atoms with Gasteiger partial charge in [0.05, 0.1) is 12.8 Å². The molecule has 0 spiro atoms. The Kier molecular flexibility index (Phi) is 4.62. The zero-order valence-corrected chi connectivity index (χ0v) is 13.6. The van der Waals surface area contributed by atoms with Crippen molar-refractivity contribution in [3.63, 3.8) is 0 Å². The van der Waals surface area contributed by atoms with Crippen LogP contribution < -0.4 is 10.1 Å². The number of nitrogens with one attached hydrogen (secondary N) is 1. The summed E-state index contributed by atoms with van der Waals surface area (Å²) in [7, 11) is 1.75. The standard InChI is InChI=1S/C18H29NO/c1-13-6-11-16(17(12-13)20-5)19-15-9-7-14(8-10-15)18(2,3)4/h6,11-12,14-15,19H,7-10H2,1-5H3. The summed E-state index contributed by atoms with van der Waals surface area (Å²) in [6, 6.07) is 6.98. The third-order valence-electron chi connectivity index (χ3n) is 4.67. The maximum Gasteiger partial charge on any atom is 0.142 e. The summed E-state index contributed by atoms with van der Waals surface area (Å²) in [5.41, 5.74) is 2.83. The average Bonchev–Trinajstić information content (AvgIpc) is 2.40. The van der Waals surface area contributed by atoms with Crippen LogP contribution in [0.15, 0.2) is 18.2 Å². The molecule has 0 amide bonds. The highest BCUT2D eigenvalue weighted by atomic mass is 16.5. The van der Waals surface area contributed by atoms with Gasteiger partial charge in [0.1, 0.15) is 5.75 Å². The van der Waals surface area contributed by atoms with Gasteiger partial charge in [0.15, 0.2) is 0 Å². The lowest BCUT2D eigenvalue weighted by Crippen LogP contribution is -2.31. The second-order valence-electron chi connectivity index (χ2n) is 7.26. The molecule has 0 bridgehead atoms. The maximum atomic E-state index is 5.48. The molecule has 1 N–H and O–H groups in total. The highest BCUT2D eigenvalue weighted by Gasteiger charge is 2.29. The van der Waals surface area contributed by atoms with Crippen LogP contribution >= 0.6 is 0 Å². The van der Waals surface area contributed by atoms with E-state index in [1.54, 1.807) is 7.11 Å². The lowest BCUT2D eigenvalue weighted by Gasteiger charge is -2.37. The number of rotatable bonds is 3. The van der Waals surface area contributed by atoms with Gasteiger partial charge in [-0.3, -0.25) is 0 Å².